The van der Waals surface area contributed by atoms with Crippen LogP contribution in [0.1, 0.15) is 15.4 Å². The summed E-state index contributed by atoms with van der Waals surface area (Å²) in [6, 6.07) is 9.10. The Hall–Kier alpha value is -2.58. The van der Waals surface area contributed by atoms with Crippen LogP contribution in [-0.4, -0.2) is 48.8 Å². The molecule has 7 nitrogen and oxygen atoms in total. The van der Waals surface area contributed by atoms with Gasteiger partial charge in [-0.3, -0.25) is 9.36 Å². The lowest BCUT2D eigenvalue weighted by atomic mass is 10.3. The normalized spacial score (nSPS) is 10.7. The number of amides is 1. The zero-order valence-electron chi connectivity index (χ0n) is 12.2. The van der Waals surface area contributed by atoms with Crippen molar-refractivity contribution < 1.29 is 9.90 Å². The molecule has 3 heterocycles. The molecule has 0 saturated carbocycles. The third-order valence-electron chi connectivity index (χ3n) is 3.22. The van der Waals surface area contributed by atoms with E-state index in [1.54, 1.807) is 39.0 Å². The summed E-state index contributed by atoms with van der Waals surface area (Å²) in [4.78, 5) is 19.7. The van der Waals surface area contributed by atoms with Gasteiger partial charge in [-0.1, -0.05) is 12.1 Å². The van der Waals surface area contributed by atoms with Crippen molar-refractivity contribution >= 4 is 17.2 Å². The quantitative estimate of drug-likeness (QED) is 0.738. The fourth-order valence-electron chi connectivity index (χ4n) is 2.13. The summed E-state index contributed by atoms with van der Waals surface area (Å²) in [7, 11) is 0. The smallest absolute Gasteiger partial charge is 0.272 e. The van der Waals surface area contributed by atoms with Gasteiger partial charge in [0.05, 0.1) is 13.2 Å². The van der Waals surface area contributed by atoms with E-state index in [4.69, 9.17) is 0 Å². The third-order valence-corrected chi connectivity index (χ3v) is 4.08. The topological polar surface area (TPSA) is 84.1 Å². The highest BCUT2D eigenvalue weighted by Crippen LogP contribution is 2.14. The van der Waals surface area contributed by atoms with Crippen molar-refractivity contribution in [2.75, 3.05) is 13.2 Å². The maximum absolute atomic E-state index is 12.7. The van der Waals surface area contributed by atoms with Gasteiger partial charge in [0.2, 0.25) is 0 Å². The summed E-state index contributed by atoms with van der Waals surface area (Å²) in [5.41, 5.74) is 0.321. The number of nitrogens with zero attached hydrogens (tertiary/aromatic N) is 5. The van der Waals surface area contributed by atoms with Crippen LogP contribution in [0, 0.1) is 0 Å². The molecule has 0 fully saturated rings. The monoisotopic (exact) mass is 329 g/mol. The highest BCUT2D eigenvalue weighted by molar-refractivity contribution is 7.09. The molecule has 0 spiro atoms. The molecule has 0 aromatic carbocycles. The minimum absolute atomic E-state index is 0.0950. The first kappa shape index (κ1) is 15.3. The predicted octanol–water partition coefficient (Wildman–Crippen LogP) is 1.36. The van der Waals surface area contributed by atoms with E-state index in [1.165, 1.54) is 12.7 Å². The molecule has 0 saturated heterocycles. The average Bonchev–Trinajstić information content (AvgIpc) is 3.27. The van der Waals surface area contributed by atoms with Crippen LogP contribution in [0.3, 0.4) is 0 Å². The molecule has 0 bridgehead atoms. The second kappa shape index (κ2) is 7.12. The Balaban J connectivity index is 1.83. The maximum atomic E-state index is 12.7. The van der Waals surface area contributed by atoms with Gasteiger partial charge in [-0.25, -0.2) is 4.98 Å². The SMILES string of the molecule is O=C(c1cccc(-n2cnnc2)n1)N(CCO)Cc1cccs1. The molecule has 0 unspecified atom stereocenters. The van der Waals surface area contributed by atoms with Crippen LogP contribution < -0.4 is 0 Å². The van der Waals surface area contributed by atoms with Gasteiger partial charge >= 0.3 is 0 Å². The van der Waals surface area contributed by atoms with Crippen molar-refractivity contribution in [1.29, 1.82) is 0 Å². The second-order valence-corrected chi connectivity index (χ2v) is 5.81. The number of hydrogen-bond acceptors (Lipinski definition) is 6. The summed E-state index contributed by atoms with van der Waals surface area (Å²) >= 11 is 1.57. The molecular formula is C15H15N5O2S. The van der Waals surface area contributed by atoms with Crippen molar-refractivity contribution in [3.63, 3.8) is 0 Å². The third kappa shape index (κ3) is 3.61. The highest BCUT2D eigenvalue weighted by Gasteiger charge is 2.18. The number of carbonyl (C=O) groups excluding carboxylic acids is 1. The van der Waals surface area contributed by atoms with Crippen LogP contribution in [0.4, 0.5) is 0 Å². The van der Waals surface area contributed by atoms with E-state index >= 15 is 0 Å². The zero-order chi connectivity index (χ0) is 16.1. The predicted molar refractivity (Wildman–Crippen MR) is 85.3 cm³/mol. The van der Waals surface area contributed by atoms with Gasteiger partial charge in [0.15, 0.2) is 0 Å². The first-order chi connectivity index (χ1) is 11.3. The number of aromatic nitrogens is 4. The molecule has 0 radical (unpaired) electrons. The minimum Gasteiger partial charge on any atom is -0.395 e. The Morgan fingerprint density at radius 2 is 2.04 bits per heavy atom. The van der Waals surface area contributed by atoms with Gasteiger partial charge in [0, 0.05) is 11.4 Å². The summed E-state index contributed by atoms with van der Waals surface area (Å²) in [6.45, 7) is 0.618. The Kier molecular flexibility index (Phi) is 4.74. The Labute approximate surface area is 136 Å². The van der Waals surface area contributed by atoms with Gasteiger partial charge in [0.1, 0.15) is 24.2 Å². The van der Waals surface area contributed by atoms with Gasteiger partial charge in [0.25, 0.3) is 5.91 Å². The number of aliphatic hydroxyl groups is 1. The molecular weight excluding hydrogens is 314 g/mol. The Morgan fingerprint density at radius 3 is 2.74 bits per heavy atom. The van der Waals surface area contributed by atoms with E-state index in [0.717, 1.165) is 4.88 Å². The number of pyridine rings is 1. The van der Waals surface area contributed by atoms with E-state index in [0.29, 0.717) is 18.1 Å². The van der Waals surface area contributed by atoms with Gasteiger partial charge < -0.3 is 10.0 Å². The van der Waals surface area contributed by atoms with E-state index in [-0.39, 0.29) is 19.1 Å². The van der Waals surface area contributed by atoms with Gasteiger partial charge in [-0.05, 0) is 23.6 Å². The van der Waals surface area contributed by atoms with Gasteiger partial charge in [-0.2, -0.15) is 0 Å². The lowest BCUT2D eigenvalue weighted by molar-refractivity contribution is 0.0704. The van der Waals surface area contributed by atoms with Crippen LogP contribution in [0.25, 0.3) is 5.82 Å². The highest BCUT2D eigenvalue weighted by atomic mass is 32.1. The van der Waals surface area contributed by atoms with Crippen molar-refractivity contribution in [3.05, 3.63) is 58.9 Å². The molecule has 0 aliphatic rings. The molecule has 0 aliphatic heterocycles. The molecule has 118 valence electrons. The first-order valence-corrected chi connectivity index (χ1v) is 7.90. The molecule has 0 aliphatic carbocycles. The van der Waals surface area contributed by atoms with Crippen LogP contribution in [0.15, 0.2) is 48.4 Å². The standard InChI is InChI=1S/C15H15N5O2S/c21-7-6-19(9-12-3-2-8-23-12)15(22)13-4-1-5-14(18-13)20-10-16-17-11-20/h1-5,8,10-11,21H,6-7,9H2. The number of thiophene rings is 1. The van der Waals surface area contributed by atoms with Crippen LogP contribution >= 0.6 is 11.3 Å². The second-order valence-electron chi connectivity index (χ2n) is 4.78. The molecule has 1 N–H and O–H groups in total. The number of aliphatic hydroxyl groups excluding tert-OH is 1. The molecule has 3 aromatic heterocycles. The van der Waals surface area contributed by atoms with Crippen molar-refractivity contribution in [2.24, 2.45) is 0 Å². The molecule has 0 atom stereocenters. The summed E-state index contributed by atoms with van der Waals surface area (Å²) in [5.74, 6) is 0.350. The largest absolute Gasteiger partial charge is 0.395 e. The van der Waals surface area contributed by atoms with E-state index in [2.05, 4.69) is 15.2 Å². The van der Waals surface area contributed by atoms with Crippen LogP contribution in [0.5, 0.6) is 0 Å². The summed E-state index contributed by atoms with van der Waals surface area (Å²) in [5, 5.41) is 18.7. The van der Waals surface area contributed by atoms with Gasteiger partial charge in [-0.15, -0.1) is 21.5 Å². The van der Waals surface area contributed by atoms with E-state index in [1.807, 2.05) is 17.5 Å². The number of hydrogen-bond donors (Lipinski definition) is 1. The first-order valence-electron chi connectivity index (χ1n) is 7.02. The van der Waals surface area contributed by atoms with E-state index in [9.17, 15) is 9.90 Å². The lowest BCUT2D eigenvalue weighted by Gasteiger charge is -2.20. The van der Waals surface area contributed by atoms with Crippen molar-refractivity contribution in [3.8, 4) is 5.82 Å². The van der Waals surface area contributed by atoms with E-state index < -0.39 is 0 Å². The molecule has 1 amide bonds. The lowest BCUT2D eigenvalue weighted by Crippen LogP contribution is -2.33. The fourth-order valence-corrected chi connectivity index (χ4v) is 2.85. The molecule has 8 heteroatoms. The average molecular weight is 329 g/mol. The Bertz CT molecular complexity index is 758. The van der Waals surface area contributed by atoms with Crippen LogP contribution in [-0.2, 0) is 6.54 Å². The van der Waals surface area contributed by atoms with Crippen LogP contribution in [0.2, 0.25) is 0 Å². The summed E-state index contributed by atoms with van der Waals surface area (Å²) < 4.78 is 1.63. The molecule has 3 aromatic rings. The van der Waals surface area contributed by atoms with Crippen molar-refractivity contribution in [2.45, 2.75) is 6.54 Å². The minimum atomic E-state index is -0.220. The maximum Gasteiger partial charge on any atom is 0.272 e. The number of carbonyl (C=O) groups is 1. The molecule has 3 rings (SSSR count). The molecule has 23 heavy (non-hydrogen) atoms. The summed E-state index contributed by atoms with van der Waals surface area (Å²) in [6.07, 6.45) is 3.04. The van der Waals surface area contributed by atoms with Crippen molar-refractivity contribution in [1.82, 2.24) is 24.6 Å². The fraction of sp³-hybridized carbons (Fsp3) is 0.200. The number of rotatable bonds is 6. The Morgan fingerprint density at radius 1 is 1.22 bits per heavy atom. The zero-order valence-corrected chi connectivity index (χ0v) is 13.1.